The normalized spacial score (nSPS) is 29.4. The van der Waals surface area contributed by atoms with E-state index in [-0.39, 0.29) is 30.4 Å². The number of hydrogen-bond acceptors (Lipinski definition) is 6. The number of ether oxygens (including phenoxy) is 2. The Kier molecular flexibility index (Phi) is 11.8. The summed E-state index contributed by atoms with van der Waals surface area (Å²) in [7, 11) is 0. The first-order chi connectivity index (χ1) is 19.3. The van der Waals surface area contributed by atoms with Crippen LogP contribution in [0.25, 0.3) is 0 Å². The van der Waals surface area contributed by atoms with Crippen LogP contribution in [0.2, 0.25) is 0 Å². The predicted octanol–water partition coefficient (Wildman–Crippen LogP) is 4.80. The third kappa shape index (κ3) is 6.18. The molecule has 0 radical (unpaired) electrons. The quantitative estimate of drug-likeness (QED) is 0.139. The average molecular weight is 561 g/mol. The van der Waals surface area contributed by atoms with Gasteiger partial charge in [0.1, 0.15) is 17.6 Å². The minimum absolute atomic E-state index is 0.0116. The third-order valence-corrected chi connectivity index (χ3v) is 9.37. The average Bonchev–Trinajstić information content (AvgIpc) is 3.54. The summed E-state index contributed by atoms with van der Waals surface area (Å²) in [6, 6.07) is -0.788. The smallest absolute Gasteiger partial charge is 0.312 e. The lowest BCUT2D eigenvalue weighted by Gasteiger charge is -2.39. The van der Waals surface area contributed by atoms with Crippen molar-refractivity contribution in [2.75, 3.05) is 26.3 Å². The molecular weight excluding hydrogens is 508 g/mol. The highest BCUT2D eigenvalue weighted by Crippen LogP contribution is 2.64. The number of allylic oxidation sites excluding steroid dienone is 1. The molecule has 6 atom stereocenters. The van der Waals surface area contributed by atoms with Crippen molar-refractivity contribution >= 4 is 17.8 Å². The van der Waals surface area contributed by atoms with E-state index >= 15 is 0 Å². The van der Waals surface area contributed by atoms with Gasteiger partial charge in [0.05, 0.1) is 18.1 Å². The van der Waals surface area contributed by atoms with Gasteiger partial charge in [-0.05, 0) is 64.7 Å². The van der Waals surface area contributed by atoms with Crippen LogP contribution in [0.1, 0.15) is 97.8 Å². The molecule has 3 aliphatic heterocycles. The predicted molar refractivity (Wildman–Crippen MR) is 155 cm³/mol. The zero-order valence-corrected chi connectivity index (χ0v) is 25.1. The summed E-state index contributed by atoms with van der Waals surface area (Å²) in [6.45, 7) is 15.0. The van der Waals surface area contributed by atoms with E-state index < -0.39 is 29.1 Å². The van der Waals surface area contributed by atoms with Gasteiger partial charge in [0.15, 0.2) is 0 Å². The molecule has 3 fully saturated rings. The second kappa shape index (κ2) is 14.6. The summed E-state index contributed by atoms with van der Waals surface area (Å²) in [5.41, 5.74) is -1.82. The van der Waals surface area contributed by atoms with E-state index in [1.165, 1.54) is 0 Å². The summed E-state index contributed by atoms with van der Waals surface area (Å²) >= 11 is 0. The maximum Gasteiger partial charge on any atom is 0.312 e. The molecule has 1 spiro atoms. The van der Waals surface area contributed by atoms with Crippen molar-refractivity contribution in [2.24, 2.45) is 11.8 Å². The van der Waals surface area contributed by atoms with Gasteiger partial charge in [0.25, 0.3) is 0 Å². The van der Waals surface area contributed by atoms with E-state index in [1.807, 2.05) is 24.8 Å². The summed E-state index contributed by atoms with van der Waals surface area (Å²) in [5.74, 6) is -2.09. The van der Waals surface area contributed by atoms with Gasteiger partial charge < -0.3 is 24.4 Å². The maximum absolute atomic E-state index is 14.5. The number of amides is 2. The molecule has 0 saturated carbocycles. The van der Waals surface area contributed by atoms with Crippen molar-refractivity contribution in [1.29, 1.82) is 0 Å². The van der Waals surface area contributed by atoms with Gasteiger partial charge in [-0.1, -0.05) is 45.3 Å². The van der Waals surface area contributed by atoms with Crippen LogP contribution in [0.15, 0.2) is 25.3 Å². The summed E-state index contributed by atoms with van der Waals surface area (Å²) in [5, 5.41) is 9.17. The van der Waals surface area contributed by atoms with Crippen molar-refractivity contribution in [3.63, 3.8) is 0 Å². The van der Waals surface area contributed by atoms with Crippen molar-refractivity contribution in [3.8, 4) is 0 Å². The number of aliphatic hydroxyl groups is 1. The molecule has 3 unspecified atom stereocenters. The van der Waals surface area contributed by atoms with E-state index in [0.29, 0.717) is 45.4 Å². The summed E-state index contributed by atoms with van der Waals surface area (Å²) in [4.78, 5) is 45.9. The topological polar surface area (TPSA) is 96.4 Å². The Morgan fingerprint density at radius 3 is 2.55 bits per heavy atom. The monoisotopic (exact) mass is 560 g/mol. The number of unbranched alkanes of at least 4 members (excludes halogenated alkanes) is 5. The number of fused-ring (bicyclic) bond motifs is 1. The minimum atomic E-state index is -1.03. The van der Waals surface area contributed by atoms with Crippen molar-refractivity contribution in [1.82, 2.24) is 9.80 Å². The molecule has 0 aromatic heterocycles. The molecule has 226 valence electrons. The number of carbonyl (C=O) groups excluding carboxylic acids is 3. The van der Waals surface area contributed by atoms with Gasteiger partial charge >= 0.3 is 5.97 Å². The first kappa shape index (κ1) is 32.3. The van der Waals surface area contributed by atoms with Crippen LogP contribution in [-0.2, 0) is 23.9 Å². The molecule has 3 saturated heterocycles. The van der Waals surface area contributed by atoms with Crippen LogP contribution in [0.4, 0.5) is 0 Å². The second-order valence-electron chi connectivity index (χ2n) is 11.9. The number of aliphatic hydroxyl groups excluding tert-OH is 1. The Morgan fingerprint density at radius 2 is 1.90 bits per heavy atom. The lowest BCUT2D eigenvalue weighted by molar-refractivity contribution is -0.162. The van der Waals surface area contributed by atoms with E-state index in [4.69, 9.17) is 14.6 Å². The molecule has 2 bridgehead atoms. The first-order valence-corrected chi connectivity index (χ1v) is 15.6. The second-order valence-corrected chi connectivity index (χ2v) is 11.9. The van der Waals surface area contributed by atoms with Crippen molar-refractivity contribution < 1.29 is 29.0 Å². The molecule has 8 heteroatoms. The van der Waals surface area contributed by atoms with Crippen LogP contribution >= 0.6 is 0 Å². The highest BCUT2D eigenvalue weighted by Gasteiger charge is 2.79. The molecule has 1 N–H and O–H groups in total. The van der Waals surface area contributed by atoms with E-state index in [2.05, 4.69) is 20.1 Å². The Morgan fingerprint density at radius 1 is 1.15 bits per heavy atom. The Balaban J connectivity index is 1.95. The zero-order valence-electron chi connectivity index (χ0n) is 25.1. The van der Waals surface area contributed by atoms with Crippen LogP contribution in [0.3, 0.4) is 0 Å². The summed E-state index contributed by atoms with van der Waals surface area (Å²) in [6.07, 6.45) is 12.8. The van der Waals surface area contributed by atoms with Gasteiger partial charge in [0, 0.05) is 25.7 Å². The molecule has 3 aliphatic rings. The minimum Gasteiger partial charge on any atom is -0.465 e. The summed E-state index contributed by atoms with van der Waals surface area (Å²) < 4.78 is 12.6. The molecule has 3 heterocycles. The van der Waals surface area contributed by atoms with Crippen LogP contribution in [0, 0.1) is 11.8 Å². The van der Waals surface area contributed by atoms with Crippen LogP contribution < -0.4 is 0 Å². The Bertz CT molecular complexity index is 908. The number of esters is 1. The molecule has 40 heavy (non-hydrogen) atoms. The molecule has 0 aromatic rings. The fraction of sp³-hybridized carbons (Fsp3) is 0.781. The van der Waals surface area contributed by atoms with Gasteiger partial charge in [-0.2, -0.15) is 0 Å². The highest BCUT2D eigenvalue weighted by molar-refractivity contribution is 5.98. The molecule has 2 amide bonds. The van der Waals surface area contributed by atoms with Crippen LogP contribution in [0.5, 0.6) is 0 Å². The Labute approximate surface area is 241 Å². The van der Waals surface area contributed by atoms with Gasteiger partial charge in [-0.15, -0.1) is 13.2 Å². The SMILES string of the molecule is C=CCCCCOC(=O)[C@H]1[C@H]2C(=O)N(CCCCCCO)C(C(=O)N(CC=C)C(C)CCC)C23CC[C@]1(CC)O3. The lowest BCUT2D eigenvalue weighted by Crippen LogP contribution is -2.58. The zero-order chi connectivity index (χ0) is 29.3. The third-order valence-electron chi connectivity index (χ3n) is 9.37. The van der Waals surface area contributed by atoms with E-state index in [9.17, 15) is 14.4 Å². The molecule has 3 rings (SSSR count). The molecule has 0 aromatic carbocycles. The number of nitrogens with zero attached hydrogens (tertiary/aromatic N) is 2. The lowest BCUT2D eigenvalue weighted by atomic mass is 9.65. The van der Waals surface area contributed by atoms with Crippen molar-refractivity contribution in [2.45, 2.75) is 121 Å². The highest BCUT2D eigenvalue weighted by atomic mass is 16.6. The van der Waals surface area contributed by atoms with E-state index in [0.717, 1.165) is 51.4 Å². The van der Waals surface area contributed by atoms with Crippen molar-refractivity contribution in [3.05, 3.63) is 25.3 Å². The molecule has 0 aliphatic carbocycles. The number of hydrogen-bond donors (Lipinski definition) is 1. The number of rotatable bonds is 19. The Hall–Kier alpha value is -2.19. The van der Waals surface area contributed by atoms with Gasteiger partial charge in [-0.25, -0.2) is 0 Å². The fourth-order valence-electron chi connectivity index (χ4n) is 7.35. The molecular formula is C32H52N2O6. The largest absolute Gasteiger partial charge is 0.465 e. The number of carbonyl (C=O) groups is 3. The van der Waals surface area contributed by atoms with Gasteiger partial charge in [0.2, 0.25) is 11.8 Å². The number of likely N-dealkylation sites (tertiary alicyclic amines) is 1. The maximum atomic E-state index is 14.5. The van der Waals surface area contributed by atoms with Gasteiger partial charge in [-0.3, -0.25) is 14.4 Å². The molecule has 8 nitrogen and oxygen atoms in total. The van der Waals surface area contributed by atoms with Crippen LogP contribution in [-0.4, -0.2) is 82.3 Å². The first-order valence-electron chi connectivity index (χ1n) is 15.6. The standard InChI is InChI=1S/C32H52N2O6/c1-6-10-11-16-23-39-30(38)26-25-28(36)34(21-14-12-13-15-22-35)27(32(25)19-18-31(26,9-4)40-32)29(37)33(20-8-3)24(5)17-7-2/h6,8,24-27,35H,1,3,7,9-23H2,2,4-5H3/t24?,25-,26+,27?,31-,32?/m0/s1. The van der Waals surface area contributed by atoms with E-state index in [1.54, 1.807) is 11.0 Å². The fourth-order valence-corrected chi connectivity index (χ4v) is 7.35.